The van der Waals surface area contributed by atoms with Gasteiger partial charge in [0.1, 0.15) is 5.03 Å². The summed E-state index contributed by atoms with van der Waals surface area (Å²) >= 11 is 2.95. The summed E-state index contributed by atoms with van der Waals surface area (Å²) < 4.78 is 0. The van der Waals surface area contributed by atoms with Gasteiger partial charge < -0.3 is 5.73 Å². The molecule has 0 fully saturated rings. The van der Waals surface area contributed by atoms with Crippen molar-refractivity contribution in [1.82, 2.24) is 15.0 Å². The lowest BCUT2D eigenvalue weighted by Crippen LogP contribution is -2.27. The first-order chi connectivity index (χ1) is 9.61. The summed E-state index contributed by atoms with van der Waals surface area (Å²) in [4.78, 5) is 25.7. The molecule has 2 N–H and O–H groups in total. The number of hydrogen-bond acceptors (Lipinski definition) is 7. The lowest BCUT2D eigenvalue weighted by atomic mass is 10.5. The molecule has 6 nitrogen and oxygen atoms in total. The summed E-state index contributed by atoms with van der Waals surface area (Å²) in [5.41, 5.74) is 6.64. The van der Waals surface area contributed by atoms with Crippen LogP contribution in [0.3, 0.4) is 0 Å². The molecule has 2 rings (SSSR count). The van der Waals surface area contributed by atoms with Gasteiger partial charge in [0.2, 0.25) is 5.91 Å². The van der Waals surface area contributed by atoms with Gasteiger partial charge in [0.25, 0.3) is 0 Å². The predicted molar refractivity (Wildman–Crippen MR) is 81.8 cm³/mol. The van der Waals surface area contributed by atoms with Crippen molar-refractivity contribution in [3.05, 3.63) is 23.5 Å². The number of nitrogens with zero attached hydrogens (tertiary/aromatic N) is 4. The van der Waals surface area contributed by atoms with Gasteiger partial charge in [-0.15, -0.1) is 11.3 Å². The van der Waals surface area contributed by atoms with Crippen LogP contribution in [0.25, 0.3) is 0 Å². The van der Waals surface area contributed by atoms with E-state index in [1.54, 1.807) is 24.2 Å². The first-order valence-electron chi connectivity index (χ1n) is 6.03. The summed E-state index contributed by atoms with van der Waals surface area (Å²) in [7, 11) is 0. The highest BCUT2D eigenvalue weighted by atomic mass is 32.2. The van der Waals surface area contributed by atoms with Crippen molar-refractivity contribution in [3.63, 3.8) is 0 Å². The van der Waals surface area contributed by atoms with Crippen LogP contribution < -0.4 is 10.6 Å². The standard InChI is InChI=1S/C12H15N5OS2/c1-3-17(8(2)18)12-16-9(7-20-12)6-19-11-10(13)14-4-5-15-11/h4-5,7H,3,6H2,1-2H3,(H2,13,14). The molecule has 2 heterocycles. The molecule has 0 aromatic carbocycles. The molecule has 0 bridgehead atoms. The zero-order valence-electron chi connectivity index (χ0n) is 11.2. The Morgan fingerprint density at radius 3 is 2.85 bits per heavy atom. The number of rotatable bonds is 5. The molecule has 0 aliphatic rings. The zero-order chi connectivity index (χ0) is 14.5. The Balaban J connectivity index is 2.03. The van der Waals surface area contributed by atoms with Crippen LogP contribution in [0.2, 0.25) is 0 Å². The second-order valence-electron chi connectivity index (χ2n) is 3.92. The van der Waals surface area contributed by atoms with E-state index in [9.17, 15) is 4.79 Å². The molecule has 106 valence electrons. The number of amides is 1. The summed E-state index contributed by atoms with van der Waals surface area (Å²) in [6.45, 7) is 4.09. The molecular formula is C12H15N5OS2. The van der Waals surface area contributed by atoms with E-state index in [0.29, 0.717) is 23.1 Å². The molecule has 0 saturated carbocycles. The van der Waals surface area contributed by atoms with Crippen LogP contribution in [0.4, 0.5) is 10.9 Å². The molecule has 0 atom stereocenters. The van der Waals surface area contributed by atoms with Crippen LogP contribution in [0.1, 0.15) is 19.5 Å². The molecule has 0 spiro atoms. The monoisotopic (exact) mass is 309 g/mol. The third-order valence-electron chi connectivity index (χ3n) is 2.51. The Kier molecular flexibility index (Phi) is 4.91. The Morgan fingerprint density at radius 2 is 2.20 bits per heavy atom. The van der Waals surface area contributed by atoms with Crippen molar-refractivity contribution in [2.24, 2.45) is 0 Å². The fraction of sp³-hybridized carbons (Fsp3) is 0.333. The van der Waals surface area contributed by atoms with Crippen LogP contribution in [-0.2, 0) is 10.5 Å². The summed E-state index contributed by atoms with van der Waals surface area (Å²) in [6, 6.07) is 0. The first-order valence-corrected chi connectivity index (χ1v) is 7.90. The second-order valence-corrected chi connectivity index (χ2v) is 5.72. The smallest absolute Gasteiger partial charge is 0.225 e. The minimum Gasteiger partial charge on any atom is -0.381 e. The highest BCUT2D eigenvalue weighted by Gasteiger charge is 2.13. The van der Waals surface area contributed by atoms with Gasteiger partial charge in [-0.05, 0) is 6.92 Å². The van der Waals surface area contributed by atoms with Crippen molar-refractivity contribution < 1.29 is 4.79 Å². The van der Waals surface area contributed by atoms with E-state index in [4.69, 9.17) is 5.73 Å². The normalized spacial score (nSPS) is 10.5. The number of carbonyl (C=O) groups is 1. The van der Waals surface area contributed by atoms with Gasteiger partial charge in [-0.1, -0.05) is 11.8 Å². The van der Waals surface area contributed by atoms with Gasteiger partial charge in [0.15, 0.2) is 10.9 Å². The van der Waals surface area contributed by atoms with Crippen LogP contribution in [0.5, 0.6) is 0 Å². The Morgan fingerprint density at radius 1 is 1.45 bits per heavy atom. The number of thiazole rings is 1. The Labute approximate surface area is 125 Å². The number of hydrogen-bond donors (Lipinski definition) is 1. The van der Waals surface area contributed by atoms with Crippen molar-refractivity contribution >= 4 is 40.0 Å². The van der Waals surface area contributed by atoms with E-state index in [2.05, 4.69) is 15.0 Å². The van der Waals surface area contributed by atoms with Crippen molar-refractivity contribution in [3.8, 4) is 0 Å². The van der Waals surface area contributed by atoms with Crippen molar-refractivity contribution in [2.45, 2.75) is 24.6 Å². The Bertz CT molecular complexity index is 601. The number of aromatic nitrogens is 3. The molecular weight excluding hydrogens is 294 g/mol. The van der Waals surface area contributed by atoms with Crippen LogP contribution in [-0.4, -0.2) is 27.4 Å². The third-order valence-corrected chi connectivity index (χ3v) is 4.46. The number of nitrogen functional groups attached to an aromatic ring is 1. The SMILES string of the molecule is CCN(C(C)=O)c1nc(CSc2nccnc2N)cs1. The average Bonchev–Trinajstić information content (AvgIpc) is 2.87. The van der Waals surface area contributed by atoms with Gasteiger partial charge in [-0.3, -0.25) is 9.69 Å². The number of nitrogens with two attached hydrogens (primary N) is 1. The second kappa shape index (κ2) is 6.67. The minimum absolute atomic E-state index is 0.000719. The number of thioether (sulfide) groups is 1. The topological polar surface area (TPSA) is 85.0 Å². The molecule has 0 aliphatic carbocycles. The molecule has 1 amide bonds. The van der Waals surface area contributed by atoms with E-state index >= 15 is 0 Å². The maximum absolute atomic E-state index is 11.5. The molecule has 0 radical (unpaired) electrons. The molecule has 0 unspecified atom stereocenters. The molecule has 20 heavy (non-hydrogen) atoms. The fourth-order valence-corrected chi connectivity index (χ4v) is 3.37. The molecule has 0 saturated heterocycles. The number of carbonyl (C=O) groups excluding carboxylic acids is 1. The van der Waals surface area contributed by atoms with E-state index in [1.165, 1.54) is 23.1 Å². The maximum atomic E-state index is 11.5. The van der Waals surface area contributed by atoms with Crippen molar-refractivity contribution in [2.75, 3.05) is 17.2 Å². The van der Waals surface area contributed by atoms with E-state index in [-0.39, 0.29) is 5.91 Å². The first kappa shape index (κ1) is 14.7. The lowest BCUT2D eigenvalue weighted by molar-refractivity contribution is -0.116. The lowest BCUT2D eigenvalue weighted by Gasteiger charge is -2.14. The summed E-state index contributed by atoms with van der Waals surface area (Å²) in [5.74, 6) is 1.07. The van der Waals surface area contributed by atoms with E-state index < -0.39 is 0 Å². The van der Waals surface area contributed by atoms with Crippen LogP contribution in [0.15, 0.2) is 22.8 Å². The van der Waals surface area contributed by atoms with Crippen LogP contribution in [0, 0.1) is 0 Å². The zero-order valence-corrected chi connectivity index (χ0v) is 12.9. The number of anilines is 2. The average molecular weight is 309 g/mol. The quantitative estimate of drug-likeness (QED) is 0.852. The van der Waals surface area contributed by atoms with Gasteiger partial charge in [-0.2, -0.15) is 0 Å². The highest BCUT2D eigenvalue weighted by Crippen LogP contribution is 2.27. The van der Waals surface area contributed by atoms with Gasteiger partial charge >= 0.3 is 0 Å². The molecule has 0 aliphatic heterocycles. The molecule has 8 heteroatoms. The maximum Gasteiger partial charge on any atom is 0.225 e. The summed E-state index contributed by atoms with van der Waals surface area (Å²) in [6.07, 6.45) is 3.17. The fourth-order valence-electron chi connectivity index (χ4n) is 1.57. The van der Waals surface area contributed by atoms with E-state index in [0.717, 1.165) is 10.8 Å². The van der Waals surface area contributed by atoms with Crippen LogP contribution >= 0.6 is 23.1 Å². The van der Waals surface area contributed by atoms with Gasteiger partial charge in [0, 0.05) is 37.0 Å². The molecule has 2 aromatic rings. The largest absolute Gasteiger partial charge is 0.381 e. The predicted octanol–water partition coefficient (Wildman–Crippen LogP) is 2.18. The third kappa shape index (κ3) is 3.45. The Hall–Kier alpha value is -1.67. The van der Waals surface area contributed by atoms with Gasteiger partial charge in [-0.25, -0.2) is 15.0 Å². The summed E-state index contributed by atoms with van der Waals surface area (Å²) in [5, 5.41) is 3.37. The highest BCUT2D eigenvalue weighted by molar-refractivity contribution is 7.98. The van der Waals surface area contributed by atoms with Crippen molar-refractivity contribution in [1.29, 1.82) is 0 Å². The van der Waals surface area contributed by atoms with Gasteiger partial charge in [0.05, 0.1) is 5.69 Å². The molecule has 2 aromatic heterocycles. The van der Waals surface area contributed by atoms with E-state index in [1.807, 2.05) is 12.3 Å². The minimum atomic E-state index is -0.000719.